The maximum absolute atomic E-state index is 12.6. The van der Waals surface area contributed by atoms with E-state index in [9.17, 15) is 4.79 Å². The number of methoxy groups -OCH3 is 1. The molecule has 2 aromatic rings. The normalized spacial score (nSPS) is 15.7. The first-order chi connectivity index (χ1) is 13.1. The number of hydrogen-bond acceptors (Lipinski definition) is 4. The highest BCUT2D eigenvalue weighted by Gasteiger charge is 2.30. The van der Waals surface area contributed by atoms with Gasteiger partial charge in [0.15, 0.2) is 6.04 Å². The van der Waals surface area contributed by atoms with Gasteiger partial charge in [-0.15, -0.1) is 0 Å². The molecule has 0 bridgehead atoms. The maximum Gasteiger partial charge on any atom is 0.282 e. The number of nitrogens with one attached hydrogen (secondary N) is 2. The van der Waals surface area contributed by atoms with Gasteiger partial charge >= 0.3 is 0 Å². The van der Waals surface area contributed by atoms with Crippen LogP contribution in [0.15, 0.2) is 48.5 Å². The Morgan fingerprint density at radius 1 is 1.19 bits per heavy atom. The lowest BCUT2D eigenvalue weighted by Gasteiger charge is -2.36. The summed E-state index contributed by atoms with van der Waals surface area (Å²) in [7, 11) is 1.69. The minimum atomic E-state index is -0.138. The third kappa shape index (κ3) is 4.39. The fourth-order valence-corrected chi connectivity index (χ4v) is 3.42. The van der Waals surface area contributed by atoms with Gasteiger partial charge in [0, 0.05) is 5.69 Å². The molecule has 0 radical (unpaired) electrons. The molecular weight excluding hydrogens is 340 g/mol. The number of amides is 1. The molecule has 140 valence electrons. The summed E-state index contributed by atoms with van der Waals surface area (Å²) in [6, 6.07) is 16.9. The highest BCUT2D eigenvalue weighted by Crippen LogP contribution is 2.27. The van der Waals surface area contributed by atoms with Crippen molar-refractivity contribution in [1.29, 1.82) is 5.26 Å². The number of piperazine rings is 1. The summed E-state index contributed by atoms with van der Waals surface area (Å²) < 4.78 is 5.46. The Bertz CT molecular complexity index is 821. The van der Waals surface area contributed by atoms with Crippen molar-refractivity contribution in [1.82, 2.24) is 0 Å². The van der Waals surface area contributed by atoms with E-state index in [-0.39, 0.29) is 11.9 Å². The molecule has 1 saturated heterocycles. The number of carbonyl (C=O) groups excluding carboxylic acids is 1. The molecule has 0 aromatic heterocycles. The molecule has 0 aliphatic carbocycles. The lowest BCUT2D eigenvalue weighted by atomic mass is 10.1. The smallest absolute Gasteiger partial charge is 0.282 e. The lowest BCUT2D eigenvalue weighted by molar-refractivity contribution is -0.914. The zero-order chi connectivity index (χ0) is 19.2. The van der Waals surface area contributed by atoms with E-state index in [4.69, 9.17) is 10.00 Å². The largest absolute Gasteiger partial charge is 0.495 e. The molecule has 6 heteroatoms. The molecule has 1 atom stereocenters. The van der Waals surface area contributed by atoms with Crippen LogP contribution in [0.25, 0.3) is 0 Å². The summed E-state index contributed by atoms with van der Waals surface area (Å²) in [5.74, 6) is 0.882. The quantitative estimate of drug-likeness (QED) is 0.838. The third-order valence-corrected chi connectivity index (χ3v) is 5.12. The number of benzene rings is 2. The Hall–Kier alpha value is -3.04. The van der Waals surface area contributed by atoms with Crippen LogP contribution in [-0.4, -0.2) is 45.2 Å². The number of carbonyl (C=O) groups is 1. The summed E-state index contributed by atoms with van der Waals surface area (Å²) in [6.07, 6.45) is 0. The number of hydrogen-bond donors (Lipinski definition) is 2. The van der Waals surface area contributed by atoms with Crippen LogP contribution in [-0.2, 0) is 4.79 Å². The van der Waals surface area contributed by atoms with E-state index in [1.165, 1.54) is 4.90 Å². The molecule has 2 N–H and O–H groups in total. The number of nitrogens with zero attached hydrogens (tertiary/aromatic N) is 2. The highest BCUT2D eigenvalue weighted by molar-refractivity contribution is 5.93. The van der Waals surface area contributed by atoms with Crippen LogP contribution < -0.4 is 19.9 Å². The molecule has 1 aliphatic rings. The van der Waals surface area contributed by atoms with Crippen molar-refractivity contribution in [2.75, 3.05) is 43.5 Å². The topological polar surface area (TPSA) is 69.8 Å². The minimum Gasteiger partial charge on any atom is -0.495 e. The van der Waals surface area contributed by atoms with Crippen LogP contribution in [0.5, 0.6) is 5.75 Å². The van der Waals surface area contributed by atoms with Crippen LogP contribution >= 0.6 is 0 Å². The average molecular weight is 365 g/mol. The molecule has 0 spiro atoms. The average Bonchev–Trinajstić information content (AvgIpc) is 2.73. The van der Waals surface area contributed by atoms with E-state index in [1.807, 2.05) is 25.1 Å². The van der Waals surface area contributed by atoms with E-state index >= 15 is 0 Å². The van der Waals surface area contributed by atoms with Gasteiger partial charge in [-0.05, 0) is 43.3 Å². The second-order valence-corrected chi connectivity index (χ2v) is 6.72. The van der Waals surface area contributed by atoms with Crippen LogP contribution in [0.4, 0.5) is 11.4 Å². The Labute approximate surface area is 160 Å². The Kier molecular flexibility index (Phi) is 5.94. The fraction of sp³-hybridized carbons (Fsp3) is 0.333. The van der Waals surface area contributed by atoms with Crippen molar-refractivity contribution in [3.05, 3.63) is 54.1 Å². The molecular formula is C21H25N4O2+. The monoisotopic (exact) mass is 365 g/mol. The molecule has 1 aliphatic heterocycles. The highest BCUT2D eigenvalue weighted by atomic mass is 16.5. The molecule has 27 heavy (non-hydrogen) atoms. The summed E-state index contributed by atoms with van der Waals surface area (Å²) in [4.78, 5) is 16.2. The second kappa shape index (κ2) is 8.56. The third-order valence-electron chi connectivity index (χ3n) is 5.12. The van der Waals surface area contributed by atoms with Crippen LogP contribution in [0.3, 0.4) is 0 Å². The van der Waals surface area contributed by atoms with Gasteiger partial charge in [0.05, 0.1) is 50.6 Å². The summed E-state index contributed by atoms with van der Waals surface area (Å²) in [5, 5.41) is 11.8. The van der Waals surface area contributed by atoms with Crippen molar-refractivity contribution in [2.45, 2.75) is 13.0 Å². The van der Waals surface area contributed by atoms with E-state index in [0.717, 1.165) is 43.3 Å². The van der Waals surface area contributed by atoms with Gasteiger partial charge in [-0.1, -0.05) is 12.1 Å². The van der Waals surface area contributed by atoms with Gasteiger partial charge in [0.25, 0.3) is 5.91 Å². The van der Waals surface area contributed by atoms with Crippen molar-refractivity contribution in [2.24, 2.45) is 0 Å². The van der Waals surface area contributed by atoms with Gasteiger partial charge < -0.3 is 19.9 Å². The number of anilines is 2. The minimum absolute atomic E-state index is 0.000416. The SMILES string of the molecule is COc1ccccc1N1CC[NH+]([C@@H](C)C(=O)Nc2ccc(C#N)cc2)CC1. The first-order valence-electron chi connectivity index (χ1n) is 9.16. The predicted octanol–water partition coefficient (Wildman–Crippen LogP) is 1.30. The van der Waals surface area contributed by atoms with Crippen LogP contribution in [0.1, 0.15) is 12.5 Å². The zero-order valence-corrected chi connectivity index (χ0v) is 15.7. The van der Waals surface area contributed by atoms with Gasteiger partial charge in [-0.2, -0.15) is 5.26 Å². The number of ether oxygens (including phenoxy) is 1. The number of rotatable bonds is 5. The summed E-state index contributed by atoms with van der Waals surface area (Å²) >= 11 is 0. The molecule has 1 fully saturated rings. The van der Waals surface area contributed by atoms with Crippen LogP contribution in [0.2, 0.25) is 0 Å². The standard InChI is InChI=1S/C21H24N4O2/c1-16(21(26)23-18-9-7-17(15-22)8-10-18)24-11-13-25(14-12-24)19-5-3-4-6-20(19)27-2/h3-10,16H,11-14H2,1-2H3,(H,23,26)/p+1/t16-/m0/s1. The first-order valence-corrected chi connectivity index (χ1v) is 9.16. The van der Waals surface area contributed by atoms with E-state index in [2.05, 4.69) is 22.4 Å². The Morgan fingerprint density at radius 3 is 2.48 bits per heavy atom. The first kappa shape index (κ1) is 18.7. The fourth-order valence-electron chi connectivity index (χ4n) is 3.42. The zero-order valence-electron chi connectivity index (χ0n) is 15.7. The van der Waals surface area contributed by atoms with Crippen molar-refractivity contribution < 1.29 is 14.4 Å². The van der Waals surface area contributed by atoms with Gasteiger partial charge in [-0.3, -0.25) is 4.79 Å². The summed E-state index contributed by atoms with van der Waals surface area (Å²) in [5.41, 5.74) is 2.41. The predicted molar refractivity (Wildman–Crippen MR) is 105 cm³/mol. The van der Waals surface area contributed by atoms with Crippen molar-refractivity contribution >= 4 is 17.3 Å². The summed E-state index contributed by atoms with van der Waals surface area (Å²) in [6.45, 7) is 5.50. The van der Waals surface area contributed by atoms with Gasteiger partial charge in [-0.25, -0.2) is 0 Å². The van der Waals surface area contributed by atoms with Crippen molar-refractivity contribution in [3.63, 3.8) is 0 Å². The second-order valence-electron chi connectivity index (χ2n) is 6.72. The van der Waals surface area contributed by atoms with Crippen molar-refractivity contribution in [3.8, 4) is 11.8 Å². The van der Waals surface area contributed by atoms with E-state index < -0.39 is 0 Å². The molecule has 1 amide bonds. The molecule has 3 rings (SSSR count). The molecule has 6 nitrogen and oxygen atoms in total. The Balaban J connectivity index is 1.56. The number of para-hydroxylation sites is 2. The Morgan fingerprint density at radius 2 is 1.85 bits per heavy atom. The molecule has 0 unspecified atom stereocenters. The number of quaternary nitrogens is 1. The van der Waals surface area contributed by atoms with E-state index in [1.54, 1.807) is 31.4 Å². The molecule has 2 aromatic carbocycles. The van der Waals surface area contributed by atoms with Gasteiger partial charge in [0.2, 0.25) is 0 Å². The maximum atomic E-state index is 12.6. The molecule has 0 saturated carbocycles. The van der Waals surface area contributed by atoms with Crippen LogP contribution in [0, 0.1) is 11.3 Å². The lowest BCUT2D eigenvalue weighted by Crippen LogP contribution is -3.19. The van der Waals surface area contributed by atoms with E-state index in [0.29, 0.717) is 5.56 Å². The molecule has 1 heterocycles. The number of nitriles is 1. The van der Waals surface area contributed by atoms with Gasteiger partial charge in [0.1, 0.15) is 5.75 Å².